The van der Waals surface area contributed by atoms with E-state index in [0.717, 1.165) is 35.1 Å². The van der Waals surface area contributed by atoms with Crippen molar-refractivity contribution in [2.24, 2.45) is 0 Å². The second kappa shape index (κ2) is 8.94. The molecule has 0 aliphatic heterocycles. The summed E-state index contributed by atoms with van der Waals surface area (Å²) in [5.74, 6) is 1.56. The predicted octanol–water partition coefficient (Wildman–Crippen LogP) is 3.30. The molecule has 0 bridgehead atoms. The Kier molecular flexibility index (Phi) is 5.93. The van der Waals surface area contributed by atoms with Crippen LogP contribution in [0.1, 0.15) is 5.56 Å². The van der Waals surface area contributed by atoms with E-state index in [1.165, 1.54) is 10.9 Å². The molecule has 0 saturated carbocycles. The van der Waals surface area contributed by atoms with Crippen LogP contribution in [0.2, 0.25) is 0 Å². The molecule has 1 atom stereocenters. The summed E-state index contributed by atoms with van der Waals surface area (Å²) in [7, 11) is 1.67. The van der Waals surface area contributed by atoms with Gasteiger partial charge in [-0.05, 0) is 54.9 Å². The first-order valence-electron chi connectivity index (χ1n) is 9.73. The number of aromatic amines is 1. The smallest absolute Gasteiger partial charge is 0.121 e. The molecule has 0 fully saturated rings. The van der Waals surface area contributed by atoms with Gasteiger partial charge in [0.25, 0.3) is 0 Å². The summed E-state index contributed by atoms with van der Waals surface area (Å²) in [6, 6.07) is 15.7. The second-order valence-electron chi connectivity index (χ2n) is 7.00. The van der Waals surface area contributed by atoms with Crippen LogP contribution in [0, 0.1) is 0 Å². The van der Waals surface area contributed by atoms with Crippen molar-refractivity contribution in [2.75, 3.05) is 26.8 Å². The molecule has 4 rings (SSSR count). The van der Waals surface area contributed by atoms with Crippen LogP contribution >= 0.6 is 0 Å². The van der Waals surface area contributed by atoms with Gasteiger partial charge in [-0.25, -0.2) is 0 Å². The van der Waals surface area contributed by atoms with Crippen LogP contribution in [-0.2, 0) is 6.42 Å². The van der Waals surface area contributed by atoms with Gasteiger partial charge in [0.2, 0.25) is 0 Å². The van der Waals surface area contributed by atoms with Gasteiger partial charge in [-0.3, -0.25) is 4.98 Å². The van der Waals surface area contributed by atoms with Crippen LogP contribution in [0.4, 0.5) is 0 Å². The minimum absolute atomic E-state index is 0.232. The summed E-state index contributed by atoms with van der Waals surface area (Å²) in [5.41, 5.74) is 3.20. The van der Waals surface area contributed by atoms with Crippen LogP contribution in [-0.4, -0.2) is 48.0 Å². The van der Waals surface area contributed by atoms with Gasteiger partial charge in [0.05, 0.1) is 12.6 Å². The van der Waals surface area contributed by atoms with E-state index >= 15 is 0 Å². The number of hydrogen-bond acceptors (Lipinski definition) is 5. The molecular weight excluding hydrogens is 366 g/mol. The zero-order chi connectivity index (χ0) is 20.1. The van der Waals surface area contributed by atoms with Gasteiger partial charge < -0.3 is 24.9 Å². The highest BCUT2D eigenvalue weighted by Crippen LogP contribution is 2.23. The molecule has 6 nitrogen and oxygen atoms in total. The third-order valence-corrected chi connectivity index (χ3v) is 4.95. The maximum atomic E-state index is 10.2. The molecule has 0 spiro atoms. The lowest BCUT2D eigenvalue weighted by Crippen LogP contribution is -2.32. The minimum Gasteiger partial charge on any atom is -0.497 e. The van der Waals surface area contributed by atoms with E-state index in [9.17, 15) is 5.11 Å². The largest absolute Gasteiger partial charge is 0.497 e. The zero-order valence-corrected chi connectivity index (χ0v) is 16.4. The molecule has 150 valence electrons. The van der Waals surface area contributed by atoms with Gasteiger partial charge in [0.15, 0.2) is 0 Å². The SMILES string of the molecule is COc1ccc2[nH]cc(CCNCC(O)COc3ccc4cccnc4c3)c2c1. The Labute approximate surface area is 169 Å². The summed E-state index contributed by atoms with van der Waals surface area (Å²) in [4.78, 5) is 7.60. The second-order valence-corrected chi connectivity index (χ2v) is 7.00. The molecule has 0 aliphatic carbocycles. The number of hydrogen-bond donors (Lipinski definition) is 3. The van der Waals surface area contributed by atoms with Gasteiger partial charge in [0.1, 0.15) is 24.2 Å². The number of methoxy groups -OCH3 is 1. The summed E-state index contributed by atoms with van der Waals surface area (Å²) < 4.78 is 11.0. The van der Waals surface area contributed by atoms with E-state index in [1.807, 2.05) is 54.7 Å². The fraction of sp³-hybridized carbons (Fsp3) is 0.261. The molecule has 0 radical (unpaired) electrons. The van der Waals surface area contributed by atoms with Crippen molar-refractivity contribution in [2.45, 2.75) is 12.5 Å². The number of ether oxygens (including phenoxy) is 2. The van der Waals surface area contributed by atoms with Gasteiger partial charge >= 0.3 is 0 Å². The van der Waals surface area contributed by atoms with E-state index in [-0.39, 0.29) is 6.61 Å². The molecule has 0 aliphatic rings. The lowest BCUT2D eigenvalue weighted by atomic mass is 10.1. The van der Waals surface area contributed by atoms with Gasteiger partial charge in [0, 0.05) is 41.3 Å². The number of aromatic nitrogens is 2. The molecule has 29 heavy (non-hydrogen) atoms. The molecule has 0 saturated heterocycles. The molecule has 1 unspecified atom stereocenters. The fourth-order valence-electron chi connectivity index (χ4n) is 3.37. The Bertz CT molecular complexity index is 1090. The van der Waals surface area contributed by atoms with Crippen molar-refractivity contribution >= 4 is 21.8 Å². The Balaban J connectivity index is 1.23. The number of pyridine rings is 1. The first-order chi connectivity index (χ1) is 14.2. The van der Waals surface area contributed by atoms with Crippen molar-refractivity contribution in [3.05, 3.63) is 66.5 Å². The third kappa shape index (κ3) is 4.67. The van der Waals surface area contributed by atoms with Crippen molar-refractivity contribution in [1.29, 1.82) is 0 Å². The quantitative estimate of drug-likeness (QED) is 0.382. The topological polar surface area (TPSA) is 79.4 Å². The van der Waals surface area contributed by atoms with Crippen LogP contribution < -0.4 is 14.8 Å². The zero-order valence-electron chi connectivity index (χ0n) is 16.4. The minimum atomic E-state index is -0.586. The maximum absolute atomic E-state index is 10.2. The highest BCUT2D eigenvalue weighted by atomic mass is 16.5. The maximum Gasteiger partial charge on any atom is 0.121 e. The average molecular weight is 391 g/mol. The molecule has 4 aromatic rings. The summed E-state index contributed by atoms with van der Waals surface area (Å²) in [5, 5.41) is 15.7. The molecule has 2 aromatic heterocycles. The lowest BCUT2D eigenvalue weighted by molar-refractivity contribution is 0.107. The number of aliphatic hydroxyl groups excluding tert-OH is 1. The average Bonchev–Trinajstić information content (AvgIpc) is 3.17. The molecule has 0 amide bonds. The number of fused-ring (bicyclic) bond motifs is 2. The molecular formula is C23H25N3O3. The van der Waals surface area contributed by atoms with Gasteiger partial charge in [-0.15, -0.1) is 0 Å². The van der Waals surface area contributed by atoms with Crippen LogP contribution in [0.5, 0.6) is 11.5 Å². The number of aliphatic hydroxyl groups is 1. The predicted molar refractivity (Wildman–Crippen MR) is 115 cm³/mol. The lowest BCUT2D eigenvalue weighted by Gasteiger charge is -2.13. The number of nitrogens with one attached hydrogen (secondary N) is 2. The van der Waals surface area contributed by atoms with Crippen LogP contribution in [0.3, 0.4) is 0 Å². The van der Waals surface area contributed by atoms with E-state index in [4.69, 9.17) is 9.47 Å². The van der Waals surface area contributed by atoms with Crippen LogP contribution in [0.25, 0.3) is 21.8 Å². The molecule has 2 heterocycles. The van der Waals surface area contributed by atoms with E-state index in [1.54, 1.807) is 13.3 Å². The number of rotatable bonds is 9. The first-order valence-corrected chi connectivity index (χ1v) is 9.73. The van der Waals surface area contributed by atoms with Crippen LogP contribution in [0.15, 0.2) is 60.9 Å². The van der Waals surface area contributed by atoms with E-state index in [0.29, 0.717) is 12.3 Å². The first kappa shape index (κ1) is 19.2. The fourth-order valence-corrected chi connectivity index (χ4v) is 3.37. The van der Waals surface area contributed by atoms with Gasteiger partial charge in [-0.1, -0.05) is 6.07 Å². The highest BCUT2D eigenvalue weighted by Gasteiger charge is 2.08. The highest BCUT2D eigenvalue weighted by molar-refractivity contribution is 5.84. The Morgan fingerprint density at radius 2 is 2.03 bits per heavy atom. The third-order valence-electron chi connectivity index (χ3n) is 4.95. The van der Waals surface area contributed by atoms with Crippen molar-refractivity contribution < 1.29 is 14.6 Å². The van der Waals surface area contributed by atoms with Crippen molar-refractivity contribution in [3.8, 4) is 11.5 Å². The number of H-pyrrole nitrogens is 1. The summed E-state index contributed by atoms with van der Waals surface area (Å²) in [6.07, 6.45) is 4.06. The Hall–Kier alpha value is -3.09. The number of benzene rings is 2. The normalized spacial score (nSPS) is 12.3. The van der Waals surface area contributed by atoms with Crippen molar-refractivity contribution in [3.63, 3.8) is 0 Å². The number of nitrogens with zero attached hydrogens (tertiary/aromatic N) is 1. The van der Waals surface area contributed by atoms with Gasteiger partial charge in [-0.2, -0.15) is 0 Å². The summed E-state index contributed by atoms with van der Waals surface area (Å²) in [6.45, 7) is 1.47. The van der Waals surface area contributed by atoms with E-state index in [2.05, 4.69) is 15.3 Å². The Morgan fingerprint density at radius 3 is 2.93 bits per heavy atom. The molecule has 6 heteroatoms. The van der Waals surface area contributed by atoms with Crippen molar-refractivity contribution in [1.82, 2.24) is 15.3 Å². The Morgan fingerprint density at radius 1 is 1.14 bits per heavy atom. The standard InChI is InChI=1S/C23H25N3O3/c1-28-19-6-7-22-21(11-19)17(13-26-22)8-10-24-14-18(27)15-29-20-5-4-16-3-2-9-25-23(16)12-20/h2-7,9,11-13,18,24,26-27H,8,10,14-15H2,1H3. The molecule has 2 aromatic carbocycles. The monoisotopic (exact) mass is 391 g/mol. The van der Waals surface area contributed by atoms with E-state index < -0.39 is 6.10 Å². The summed E-state index contributed by atoms with van der Waals surface area (Å²) >= 11 is 0. The molecule has 3 N–H and O–H groups in total.